The summed E-state index contributed by atoms with van der Waals surface area (Å²) in [5.41, 5.74) is 1.85. The van der Waals surface area contributed by atoms with Gasteiger partial charge in [-0.3, -0.25) is 19.9 Å². The lowest BCUT2D eigenvalue weighted by Crippen LogP contribution is -2.35. The second-order valence-electron chi connectivity index (χ2n) is 5.78. The maximum Gasteiger partial charge on any atom is 0.277 e. The van der Waals surface area contributed by atoms with Gasteiger partial charge in [-0.2, -0.15) is 0 Å². The summed E-state index contributed by atoms with van der Waals surface area (Å²) in [4.78, 5) is 39.9. The molecule has 0 spiro atoms. The molecule has 2 amide bonds. The zero-order chi connectivity index (χ0) is 17.9. The molecule has 26 heavy (non-hydrogen) atoms. The molecule has 8 heteroatoms. The Morgan fingerprint density at radius 2 is 2.00 bits per heavy atom. The van der Waals surface area contributed by atoms with Gasteiger partial charge in [-0.25, -0.2) is 9.97 Å². The summed E-state index contributed by atoms with van der Waals surface area (Å²) < 4.78 is 0. The van der Waals surface area contributed by atoms with Gasteiger partial charge in [0.25, 0.3) is 11.8 Å². The van der Waals surface area contributed by atoms with Crippen LogP contribution in [0.15, 0.2) is 48.9 Å². The second-order valence-corrected chi connectivity index (χ2v) is 6.86. The average molecular weight is 365 g/mol. The molecule has 0 bridgehead atoms. The summed E-state index contributed by atoms with van der Waals surface area (Å²) >= 11 is 1.39. The lowest BCUT2D eigenvalue weighted by molar-refractivity contribution is 0.0736. The molecule has 1 aliphatic heterocycles. The summed E-state index contributed by atoms with van der Waals surface area (Å²) in [7, 11) is 0. The molecular formula is C18H15N5O2S. The topological polar surface area (TPSA) is 88.1 Å². The molecule has 4 rings (SSSR count). The fourth-order valence-electron chi connectivity index (χ4n) is 2.76. The predicted octanol–water partition coefficient (Wildman–Crippen LogP) is 2.38. The third kappa shape index (κ3) is 3.31. The van der Waals surface area contributed by atoms with E-state index in [1.807, 2.05) is 35.2 Å². The number of hydrogen-bond donors (Lipinski definition) is 1. The van der Waals surface area contributed by atoms with Gasteiger partial charge in [0.15, 0.2) is 5.13 Å². The number of hydrogen-bond acceptors (Lipinski definition) is 6. The summed E-state index contributed by atoms with van der Waals surface area (Å²) in [5, 5.41) is 3.27. The number of carbonyl (C=O) groups is 2. The summed E-state index contributed by atoms with van der Waals surface area (Å²) in [6.45, 7) is 1.11. The first-order valence-corrected chi connectivity index (χ1v) is 8.92. The van der Waals surface area contributed by atoms with Crippen LogP contribution in [0.2, 0.25) is 0 Å². The minimum absolute atomic E-state index is 0.00907. The molecule has 7 nitrogen and oxygen atoms in total. The highest BCUT2D eigenvalue weighted by Crippen LogP contribution is 2.29. The number of benzene rings is 1. The van der Waals surface area contributed by atoms with Gasteiger partial charge in [0.1, 0.15) is 5.69 Å². The standard InChI is InChI=1S/C18H15N5O2S/c24-16(14-10-19-7-8-20-14)22-18-21-13-6-9-23(11-15(13)26-18)17(25)12-4-2-1-3-5-12/h1-5,7-8,10H,6,9,11H2,(H,21,22,24). The maximum absolute atomic E-state index is 12.6. The minimum atomic E-state index is -0.346. The summed E-state index contributed by atoms with van der Waals surface area (Å²) in [6.07, 6.45) is 5.06. The highest BCUT2D eigenvalue weighted by atomic mass is 32.1. The Morgan fingerprint density at radius 1 is 1.15 bits per heavy atom. The average Bonchev–Trinajstić information content (AvgIpc) is 3.10. The third-order valence-corrected chi connectivity index (χ3v) is 5.05. The molecule has 1 aromatic carbocycles. The minimum Gasteiger partial charge on any atom is -0.333 e. The highest BCUT2D eigenvalue weighted by molar-refractivity contribution is 7.15. The molecular weight excluding hydrogens is 350 g/mol. The van der Waals surface area contributed by atoms with E-state index in [-0.39, 0.29) is 17.5 Å². The molecule has 130 valence electrons. The van der Waals surface area contributed by atoms with Crippen molar-refractivity contribution in [2.24, 2.45) is 0 Å². The Hall–Kier alpha value is -3.13. The van der Waals surface area contributed by atoms with Gasteiger partial charge in [-0.05, 0) is 12.1 Å². The van der Waals surface area contributed by atoms with E-state index in [4.69, 9.17) is 0 Å². The number of thiazole rings is 1. The Balaban J connectivity index is 1.47. The zero-order valence-corrected chi connectivity index (χ0v) is 14.6. The first-order valence-electron chi connectivity index (χ1n) is 8.11. The molecule has 3 aromatic rings. The normalized spacial score (nSPS) is 13.2. The van der Waals surface area contributed by atoms with Crippen LogP contribution in [0.1, 0.15) is 31.4 Å². The van der Waals surface area contributed by atoms with E-state index in [1.165, 1.54) is 29.9 Å². The zero-order valence-electron chi connectivity index (χ0n) is 13.8. The van der Waals surface area contributed by atoms with Gasteiger partial charge in [0.05, 0.1) is 18.4 Å². The van der Waals surface area contributed by atoms with E-state index in [0.717, 1.165) is 10.6 Å². The van der Waals surface area contributed by atoms with Gasteiger partial charge in [-0.1, -0.05) is 29.5 Å². The molecule has 0 radical (unpaired) electrons. The van der Waals surface area contributed by atoms with Crippen LogP contribution in [-0.2, 0) is 13.0 Å². The molecule has 0 saturated carbocycles. The number of carbonyl (C=O) groups excluding carboxylic acids is 2. The van der Waals surface area contributed by atoms with E-state index < -0.39 is 0 Å². The van der Waals surface area contributed by atoms with Crippen molar-refractivity contribution in [3.8, 4) is 0 Å². The number of rotatable bonds is 3. The van der Waals surface area contributed by atoms with Crippen molar-refractivity contribution in [3.63, 3.8) is 0 Å². The van der Waals surface area contributed by atoms with Crippen LogP contribution in [-0.4, -0.2) is 38.2 Å². The van der Waals surface area contributed by atoms with Crippen molar-refractivity contribution < 1.29 is 9.59 Å². The quantitative estimate of drug-likeness (QED) is 0.770. The first kappa shape index (κ1) is 16.3. The van der Waals surface area contributed by atoms with E-state index >= 15 is 0 Å². The molecule has 1 aliphatic rings. The molecule has 1 N–H and O–H groups in total. The van der Waals surface area contributed by atoms with Gasteiger partial charge in [0, 0.05) is 35.8 Å². The molecule has 0 saturated heterocycles. The number of amides is 2. The van der Waals surface area contributed by atoms with Crippen LogP contribution >= 0.6 is 11.3 Å². The number of anilines is 1. The van der Waals surface area contributed by atoms with Crippen molar-refractivity contribution in [2.75, 3.05) is 11.9 Å². The molecule has 0 fully saturated rings. The number of fused-ring (bicyclic) bond motifs is 1. The fraction of sp³-hybridized carbons (Fsp3) is 0.167. The summed E-state index contributed by atoms with van der Waals surface area (Å²) in [6, 6.07) is 9.24. The molecule has 3 heterocycles. The van der Waals surface area contributed by atoms with Gasteiger partial charge in [-0.15, -0.1) is 0 Å². The fourth-order valence-corrected chi connectivity index (χ4v) is 3.78. The highest BCUT2D eigenvalue weighted by Gasteiger charge is 2.25. The van der Waals surface area contributed by atoms with Crippen LogP contribution in [0.25, 0.3) is 0 Å². The van der Waals surface area contributed by atoms with Crippen molar-refractivity contribution >= 4 is 28.3 Å². The van der Waals surface area contributed by atoms with Crippen LogP contribution < -0.4 is 5.32 Å². The second kappa shape index (κ2) is 7.01. The summed E-state index contributed by atoms with van der Waals surface area (Å²) in [5.74, 6) is -0.337. The lowest BCUT2D eigenvalue weighted by atomic mass is 10.1. The number of nitrogens with one attached hydrogen (secondary N) is 1. The molecule has 0 unspecified atom stereocenters. The van der Waals surface area contributed by atoms with Crippen molar-refractivity contribution in [2.45, 2.75) is 13.0 Å². The molecule has 0 atom stereocenters. The Morgan fingerprint density at radius 3 is 2.77 bits per heavy atom. The molecule has 0 aliphatic carbocycles. The monoisotopic (exact) mass is 365 g/mol. The predicted molar refractivity (Wildman–Crippen MR) is 97.0 cm³/mol. The van der Waals surface area contributed by atoms with Crippen molar-refractivity contribution in [1.29, 1.82) is 0 Å². The Bertz CT molecular complexity index is 943. The van der Waals surface area contributed by atoms with Gasteiger partial charge < -0.3 is 4.90 Å². The van der Waals surface area contributed by atoms with Crippen molar-refractivity contribution in [3.05, 3.63) is 70.8 Å². The number of aromatic nitrogens is 3. The number of nitrogens with zero attached hydrogens (tertiary/aromatic N) is 4. The molecule has 2 aromatic heterocycles. The maximum atomic E-state index is 12.6. The van der Waals surface area contributed by atoms with E-state index in [0.29, 0.717) is 30.2 Å². The van der Waals surface area contributed by atoms with Crippen LogP contribution in [0, 0.1) is 0 Å². The first-order chi connectivity index (χ1) is 12.7. The van der Waals surface area contributed by atoms with Gasteiger partial charge >= 0.3 is 0 Å². The third-order valence-electron chi connectivity index (χ3n) is 4.06. The van der Waals surface area contributed by atoms with Crippen LogP contribution in [0.4, 0.5) is 5.13 Å². The van der Waals surface area contributed by atoms with E-state index in [1.54, 1.807) is 0 Å². The largest absolute Gasteiger partial charge is 0.333 e. The lowest BCUT2D eigenvalue weighted by Gasteiger charge is -2.26. The van der Waals surface area contributed by atoms with Crippen LogP contribution in [0.5, 0.6) is 0 Å². The van der Waals surface area contributed by atoms with E-state index in [9.17, 15) is 9.59 Å². The van der Waals surface area contributed by atoms with Crippen LogP contribution in [0.3, 0.4) is 0 Å². The van der Waals surface area contributed by atoms with Crippen molar-refractivity contribution in [1.82, 2.24) is 19.9 Å². The van der Waals surface area contributed by atoms with E-state index in [2.05, 4.69) is 20.3 Å². The smallest absolute Gasteiger partial charge is 0.277 e. The SMILES string of the molecule is O=C(Nc1nc2c(s1)CN(C(=O)c1ccccc1)CC2)c1cnccn1. The van der Waals surface area contributed by atoms with Gasteiger partial charge in [0.2, 0.25) is 0 Å². The Kier molecular flexibility index (Phi) is 4.40. The Labute approximate surface area is 153 Å².